The van der Waals surface area contributed by atoms with Gasteiger partial charge >= 0.3 is 71.1 Å². The average Bonchev–Trinajstić information content (AvgIpc) is 1.83. The zero-order valence-corrected chi connectivity index (χ0v) is 71.2. The first-order chi connectivity index (χ1) is 50.1. The molecule has 0 radical (unpaired) electrons. The van der Waals surface area contributed by atoms with E-state index in [9.17, 15) is 35.5 Å². The van der Waals surface area contributed by atoms with E-state index in [0.29, 0.717) is 42.1 Å². The monoisotopic (exact) mass is 1740 g/mol. The number of hydrogen-bond donors (Lipinski definition) is 13. The molecule has 9 heterocycles. The van der Waals surface area contributed by atoms with Crippen molar-refractivity contribution in [2.24, 2.45) is 0 Å². The Bertz CT molecular complexity index is 5780. The molecule has 0 aliphatic rings. The van der Waals surface area contributed by atoms with Crippen LogP contribution in [0.1, 0.15) is 25.1 Å². The van der Waals surface area contributed by atoms with Crippen LogP contribution in [0.25, 0.3) is 33.0 Å². The van der Waals surface area contributed by atoms with Gasteiger partial charge < -0.3 is 34.2 Å². The number of fused-ring (bicyclic) bond motifs is 1. The van der Waals surface area contributed by atoms with Gasteiger partial charge in [-0.3, -0.25) is 29.8 Å². The summed E-state index contributed by atoms with van der Waals surface area (Å²) in [6, 6.07) is 35.5. The number of rotatable bonds is 12. The first kappa shape index (κ1) is 91.5. The van der Waals surface area contributed by atoms with E-state index in [0.717, 1.165) is 41.4 Å². The van der Waals surface area contributed by atoms with Crippen LogP contribution in [0.4, 0.5) is 10.5 Å². The van der Waals surface area contributed by atoms with Crippen molar-refractivity contribution in [3.05, 3.63) is 187 Å². The van der Waals surface area contributed by atoms with Crippen molar-refractivity contribution >= 4 is 193 Å². The molecule has 0 aliphatic heterocycles. The number of carbonyl (C=O) groups excluding carboxylic acids is 1. The second-order valence-corrected chi connectivity index (χ2v) is 28.6. The maximum atomic E-state index is 11.2. The number of anilines is 1. The quantitative estimate of drug-likeness (QED) is 0.0352. The molecular formula is C52H53N29Na2O10S14. The summed E-state index contributed by atoms with van der Waals surface area (Å²) in [6.07, 6.45) is 4.27. The largest absolute Gasteiger partial charge is 1.00 e. The van der Waals surface area contributed by atoms with Crippen molar-refractivity contribution in [1.82, 2.24) is 141 Å². The van der Waals surface area contributed by atoms with Gasteiger partial charge in [0, 0.05) is 24.8 Å². The number of thioether (sulfide) groups is 1. The Morgan fingerprint density at radius 1 is 0.626 bits per heavy atom. The summed E-state index contributed by atoms with van der Waals surface area (Å²) in [5, 5.41) is 76.4. The smallest absolute Gasteiger partial charge is 0.744 e. The average molecular weight is 1740 g/mol. The van der Waals surface area contributed by atoms with Crippen LogP contribution < -0.4 is 69.7 Å². The molecule has 0 atom stereocenters. The van der Waals surface area contributed by atoms with Gasteiger partial charge in [-0.1, -0.05) is 114 Å². The number of para-hydroxylation sites is 2. The van der Waals surface area contributed by atoms with Crippen LogP contribution >= 0.6 is 144 Å². The van der Waals surface area contributed by atoms with E-state index in [-0.39, 0.29) is 102 Å². The van der Waals surface area contributed by atoms with Crippen molar-refractivity contribution in [2.75, 3.05) is 18.6 Å². The third-order valence-corrected chi connectivity index (χ3v) is 18.5. The van der Waals surface area contributed by atoms with Gasteiger partial charge in [-0.2, -0.15) is 31.1 Å². The van der Waals surface area contributed by atoms with Gasteiger partial charge in [0.25, 0.3) is 4.84 Å². The summed E-state index contributed by atoms with van der Waals surface area (Å²) >= 11 is 48.1. The molecule has 14 aromatic rings. The van der Waals surface area contributed by atoms with Crippen LogP contribution in [0, 0.1) is 48.3 Å². The van der Waals surface area contributed by atoms with E-state index in [1.54, 1.807) is 54.4 Å². The molecule has 0 saturated carbocycles. The zero-order chi connectivity index (χ0) is 76.6. The predicted octanol–water partition coefficient (Wildman–Crippen LogP) is 4.23. The molecule has 39 nitrogen and oxygen atoms in total. The molecule has 5 aromatic carbocycles. The van der Waals surface area contributed by atoms with Gasteiger partial charge in [-0.05, 0) is 208 Å². The van der Waals surface area contributed by atoms with Crippen LogP contribution in [0.5, 0.6) is 0 Å². The number of carboxylic acids is 1. The fraction of sp³-hybridized carbons (Fsp3) is 0.135. The van der Waals surface area contributed by atoms with Crippen LogP contribution in [-0.4, -0.2) is 193 Å². The number of amides is 2. The molecule has 14 rings (SSSR count). The molecule has 552 valence electrons. The number of aromatic nitrogens is 27. The number of benzene rings is 5. The van der Waals surface area contributed by atoms with Crippen molar-refractivity contribution < 1.29 is 104 Å². The van der Waals surface area contributed by atoms with E-state index >= 15 is 0 Å². The van der Waals surface area contributed by atoms with E-state index in [1.807, 2.05) is 79.3 Å². The Morgan fingerprint density at radius 2 is 1.19 bits per heavy atom. The minimum Gasteiger partial charge on any atom is -0.744 e. The molecule has 0 saturated heterocycles. The molecule has 0 fully saturated rings. The van der Waals surface area contributed by atoms with Gasteiger partial charge in [-0.25, -0.2) is 50.4 Å². The van der Waals surface area contributed by atoms with Gasteiger partial charge in [0.1, 0.15) is 32.4 Å². The van der Waals surface area contributed by atoms with E-state index in [4.69, 9.17) is 95.0 Å². The Labute approximate surface area is 705 Å². The van der Waals surface area contributed by atoms with E-state index in [2.05, 4.69) is 154 Å². The third kappa shape index (κ3) is 31.3. The Morgan fingerprint density at radius 3 is 1.62 bits per heavy atom. The predicted molar refractivity (Wildman–Crippen MR) is 406 cm³/mol. The Balaban J connectivity index is 0.000000258. The van der Waals surface area contributed by atoms with Crippen LogP contribution in [-0.2, 0) is 38.0 Å². The standard InChI is InChI=1S/C9H10N6OS.C9H9N3S.2C7H6N4O3S2.C7H5NS2.C4H6N4O2S.C4H6N2OS.C3H4N2S3.C2H3N3S.2Na/c1-10-8(16)11-6-3-2-4-7(5-6)15-9(17)12-13-14-15;1-7-10-11-9(13)12(7)8-5-3-2-4-6-8;12-16(13,14)6-3-1-5(2-4-6)11-7(15)8-9-10-11;12-16(13,14)6-3-1-2-5(4-6)11-7(15)8-9-10-11;9-7-8-5-3-1-2-4-6(5)10-7;9-3(10)1-2-8-4(11)5-6-7-8;1-2-3-5-6-4(8)7-3;1-7-3-5-4-2(6)8-3;6-2-3-1-4-5-2;;/h2-5H,1H3,(H2,10,11,16)(H,12,14,17);2-6H,1H3,(H,11,13);2*1-4H,(H,8,10,15)(H,12,13,14);1-4H,(H,8,9);1-2H2,(H,9,10)(H,5,7,11);2H2,1H3,(H,6,8);1H3,(H,4,6);1H,(H2,3,4,5,6);;/q;;;;;;;;;2*+1/p-2. The molecule has 9 aromatic heterocycles. The fourth-order valence-electron chi connectivity index (χ4n) is 7.21. The van der Waals surface area contributed by atoms with Crippen molar-refractivity contribution in [3.63, 3.8) is 0 Å². The van der Waals surface area contributed by atoms with E-state index < -0.39 is 26.2 Å². The fourth-order valence-corrected chi connectivity index (χ4v) is 12.1. The Hall–Kier alpha value is -7.86. The first-order valence-electron chi connectivity index (χ1n) is 28.5. The number of hydrogen-bond acceptors (Lipinski definition) is 33. The number of nitrogens with one attached hydrogen (secondary N) is 12. The number of thiazole rings is 1. The molecule has 107 heavy (non-hydrogen) atoms. The SMILES string of the molecule is CCc1n[nH]c(=S)o1.CNC(=O)Nc1cccc(-n2[nH]nnc2=S)c1.CSc1n[nH]c(=S)s1.Cc1n[nH]c(=S)n1-c1ccccc1.O=C(O)CCn1[nH]nnc1=S.O=S(=O)([O-])c1ccc(-n2[nH]nnc2=S)cc1.O=S(=O)([O-])c1cccc(-n2[nH]nnc2=S)c1.S=c1[nH]c2ccccc2s1.S=c1nc[nH][nH]1.[Na+].[Na+]. The maximum Gasteiger partial charge on any atom is 1.00 e. The number of aryl methyl sites for hydroxylation is 3. The summed E-state index contributed by atoms with van der Waals surface area (Å²) < 4.78 is 82.7. The topological polar surface area (TPSA) is 543 Å². The number of H-pyrrole nitrogens is 10. The number of aromatic amines is 10. The minimum absolute atomic E-state index is 0. The van der Waals surface area contributed by atoms with Gasteiger partial charge in [0.15, 0.2) is 17.0 Å². The number of urea groups is 1. The molecule has 0 aliphatic carbocycles. The van der Waals surface area contributed by atoms with Crippen LogP contribution in [0.3, 0.4) is 0 Å². The zero-order valence-electron chi connectivity index (χ0n) is 55.8. The summed E-state index contributed by atoms with van der Waals surface area (Å²) in [6.45, 7) is 4.15. The Kier molecular flexibility index (Phi) is 39.8. The van der Waals surface area contributed by atoms with Gasteiger partial charge in [0.05, 0.1) is 50.0 Å². The summed E-state index contributed by atoms with van der Waals surface area (Å²) in [7, 11) is -7.36. The molecule has 0 unspecified atom stereocenters. The summed E-state index contributed by atoms with van der Waals surface area (Å²) in [5.74, 6) is 0.660. The number of nitrogens with zero attached hydrogens (tertiary/aromatic N) is 17. The molecular weight excluding hydrogens is 1690 g/mol. The van der Waals surface area contributed by atoms with Gasteiger partial charge in [0.2, 0.25) is 29.7 Å². The number of tetrazole rings is 4. The number of carboxylic acid groups (broad SMARTS) is 1. The summed E-state index contributed by atoms with van der Waals surface area (Å²) in [5.41, 5.74) is 4.50. The van der Waals surface area contributed by atoms with Crippen molar-refractivity contribution in [1.29, 1.82) is 0 Å². The van der Waals surface area contributed by atoms with E-state index in [1.165, 1.54) is 83.6 Å². The second kappa shape index (κ2) is 46.5. The van der Waals surface area contributed by atoms with Crippen molar-refractivity contribution in [2.45, 2.75) is 47.4 Å². The second-order valence-electron chi connectivity index (χ2n) is 18.8. The number of aliphatic carboxylic acids is 1. The van der Waals surface area contributed by atoms with Crippen LogP contribution in [0.2, 0.25) is 0 Å². The maximum absolute atomic E-state index is 11.2. The first-order valence-corrected chi connectivity index (χ1v) is 37.8. The van der Waals surface area contributed by atoms with Crippen molar-refractivity contribution in [3.8, 4) is 22.7 Å². The molecule has 2 amide bonds. The van der Waals surface area contributed by atoms with Crippen LogP contribution in [0.15, 0.2) is 152 Å². The minimum atomic E-state index is -4.48. The molecule has 0 spiro atoms. The number of carbonyl (C=O) groups is 2. The normalized spacial score (nSPS) is 10.2. The molecule has 0 bridgehead atoms. The third-order valence-electron chi connectivity index (χ3n) is 11.8. The van der Waals surface area contributed by atoms with Gasteiger partial charge in [-0.15, -0.1) is 16.4 Å². The molecule has 13 N–H and O–H groups in total. The molecule has 55 heteroatoms. The summed E-state index contributed by atoms with van der Waals surface area (Å²) in [4.78, 5) is 27.7.